The van der Waals surface area contributed by atoms with Gasteiger partial charge in [0.15, 0.2) is 0 Å². The largest absolute Gasteiger partial charge is 0.468 e. The zero-order chi connectivity index (χ0) is 15.4. The van der Waals surface area contributed by atoms with Crippen molar-refractivity contribution >= 4 is 17.6 Å². The third-order valence-corrected chi connectivity index (χ3v) is 2.40. The highest BCUT2D eigenvalue weighted by Crippen LogP contribution is 2.22. The Morgan fingerprint density at radius 1 is 1.35 bits per heavy atom. The standard InChI is InChI=1S/C11H10F2N2O5/c1-14(5-10(16)20-2)11(17)6-3-8(13)9(15(18)19)4-7(6)12/h3-4H,5H2,1-2H3. The van der Waals surface area contributed by atoms with Gasteiger partial charge < -0.3 is 9.64 Å². The number of halogens is 2. The molecule has 7 nitrogen and oxygen atoms in total. The molecule has 1 aromatic rings. The minimum absolute atomic E-state index is 0.314. The van der Waals surface area contributed by atoms with Crippen LogP contribution in [0.5, 0.6) is 0 Å². The van der Waals surface area contributed by atoms with Gasteiger partial charge in [-0.15, -0.1) is 0 Å². The van der Waals surface area contributed by atoms with Gasteiger partial charge in [-0.25, -0.2) is 4.39 Å². The minimum Gasteiger partial charge on any atom is -0.468 e. The molecule has 0 fully saturated rings. The number of carbonyl (C=O) groups excluding carboxylic acids is 2. The lowest BCUT2D eigenvalue weighted by molar-refractivity contribution is -0.387. The fourth-order valence-electron chi connectivity index (χ4n) is 1.38. The summed E-state index contributed by atoms with van der Waals surface area (Å²) in [5, 5.41) is 10.4. The van der Waals surface area contributed by atoms with Crippen molar-refractivity contribution in [2.75, 3.05) is 20.7 Å². The highest BCUT2D eigenvalue weighted by atomic mass is 19.1. The molecule has 0 atom stereocenters. The molecule has 0 aromatic heterocycles. The SMILES string of the molecule is COC(=O)CN(C)C(=O)c1cc(F)c([N+](=O)[O-])cc1F. The second-order valence-electron chi connectivity index (χ2n) is 3.78. The summed E-state index contributed by atoms with van der Waals surface area (Å²) in [4.78, 5) is 32.9. The first kappa shape index (κ1) is 15.5. The number of rotatable bonds is 4. The Balaban J connectivity index is 3.08. The maximum Gasteiger partial charge on any atom is 0.325 e. The molecule has 0 spiro atoms. The van der Waals surface area contributed by atoms with Gasteiger partial charge >= 0.3 is 11.7 Å². The van der Waals surface area contributed by atoms with E-state index in [0.717, 1.165) is 12.0 Å². The second-order valence-corrected chi connectivity index (χ2v) is 3.78. The van der Waals surface area contributed by atoms with E-state index in [1.165, 1.54) is 7.05 Å². The smallest absolute Gasteiger partial charge is 0.325 e. The van der Waals surface area contributed by atoms with E-state index in [1.54, 1.807) is 0 Å². The van der Waals surface area contributed by atoms with E-state index in [1.807, 2.05) is 0 Å². The Labute approximate surface area is 111 Å². The van der Waals surface area contributed by atoms with Gasteiger partial charge in [0.05, 0.1) is 23.7 Å². The Bertz CT molecular complexity index is 576. The van der Waals surface area contributed by atoms with Crippen LogP contribution in [0, 0.1) is 21.7 Å². The summed E-state index contributed by atoms with van der Waals surface area (Å²) in [5.41, 5.74) is -1.78. The first-order valence-corrected chi connectivity index (χ1v) is 5.23. The molecule has 0 heterocycles. The van der Waals surface area contributed by atoms with Gasteiger partial charge in [-0.2, -0.15) is 4.39 Å². The average molecular weight is 288 g/mol. The Morgan fingerprint density at radius 2 is 1.95 bits per heavy atom. The number of benzene rings is 1. The van der Waals surface area contributed by atoms with Crippen molar-refractivity contribution in [1.82, 2.24) is 4.90 Å². The average Bonchev–Trinajstić information content (AvgIpc) is 2.39. The van der Waals surface area contributed by atoms with Crippen LogP contribution < -0.4 is 0 Å². The maximum atomic E-state index is 13.6. The van der Waals surface area contributed by atoms with Gasteiger partial charge in [0.2, 0.25) is 5.82 Å². The molecular formula is C11H10F2N2O5. The van der Waals surface area contributed by atoms with Crippen LogP contribution in [-0.4, -0.2) is 42.4 Å². The Kier molecular flexibility index (Phi) is 4.68. The van der Waals surface area contributed by atoms with Crippen LogP contribution in [0.4, 0.5) is 14.5 Å². The molecule has 0 radical (unpaired) electrons. The van der Waals surface area contributed by atoms with E-state index >= 15 is 0 Å². The summed E-state index contributed by atoms with van der Waals surface area (Å²) in [5.74, 6) is -4.34. The van der Waals surface area contributed by atoms with Gasteiger partial charge in [0, 0.05) is 7.05 Å². The number of nitro benzene ring substituents is 1. The topological polar surface area (TPSA) is 89.8 Å². The summed E-state index contributed by atoms with van der Waals surface area (Å²) < 4.78 is 31.3. The number of ether oxygens (including phenoxy) is 1. The molecule has 20 heavy (non-hydrogen) atoms. The lowest BCUT2D eigenvalue weighted by atomic mass is 10.1. The monoisotopic (exact) mass is 288 g/mol. The van der Waals surface area contributed by atoms with Crippen LogP contribution in [0.25, 0.3) is 0 Å². The van der Waals surface area contributed by atoms with Crippen LogP contribution in [0.2, 0.25) is 0 Å². The number of nitro groups is 1. The first-order chi connectivity index (χ1) is 9.27. The van der Waals surface area contributed by atoms with Gasteiger partial charge in [-0.1, -0.05) is 0 Å². The summed E-state index contributed by atoms with van der Waals surface area (Å²) in [7, 11) is 2.28. The van der Waals surface area contributed by atoms with Crippen LogP contribution in [0.15, 0.2) is 12.1 Å². The lowest BCUT2D eigenvalue weighted by Crippen LogP contribution is -2.33. The first-order valence-electron chi connectivity index (χ1n) is 5.23. The molecule has 1 amide bonds. The number of carbonyl (C=O) groups is 2. The highest BCUT2D eigenvalue weighted by molar-refractivity contribution is 5.96. The number of methoxy groups -OCH3 is 1. The number of esters is 1. The van der Waals surface area contributed by atoms with Gasteiger partial charge in [-0.05, 0) is 6.07 Å². The Morgan fingerprint density at radius 3 is 2.45 bits per heavy atom. The minimum atomic E-state index is -1.34. The number of hydrogen-bond acceptors (Lipinski definition) is 5. The summed E-state index contributed by atoms with van der Waals surface area (Å²) in [6.07, 6.45) is 0. The van der Waals surface area contributed by atoms with E-state index in [-0.39, 0.29) is 0 Å². The molecule has 0 aliphatic carbocycles. The zero-order valence-electron chi connectivity index (χ0n) is 10.6. The van der Waals surface area contributed by atoms with E-state index in [9.17, 15) is 28.5 Å². The molecule has 0 N–H and O–H groups in total. The fourth-order valence-corrected chi connectivity index (χ4v) is 1.38. The van der Waals surface area contributed by atoms with Crippen molar-refractivity contribution in [3.05, 3.63) is 39.4 Å². The van der Waals surface area contributed by atoms with Crippen molar-refractivity contribution in [1.29, 1.82) is 0 Å². The molecule has 0 saturated carbocycles. The molecule has 0 bridgehead atoms. The number of nitrogens with zero attached hydrogens (tertiary/aromatic N) is 2. The zero-order valence-corrected chi connectivity index (χ0v) is 10.6. The normalized spacial score (nSPS) is 10.0. The number of amides is 1. The predicted octanol–water partition coefficient (Wildman–Crippen LogP) is 1.12. The molecule has 1 rings (SSSR count). The molecule has 0 aliphatic heterocycles. The van der Waals surface area contributed by atoms with Crippen molar-refractivity contribution in [2.45, 2.75) is 0 Å². The van der Waals surface area contributed by atoms with Crippen LogP contribution in [-0.2, 0) is 9.53 Å². The van der Waals surface area contributed by atoms with E-state index in [4.69, 9.17) is 0 Å². The molecule has 0 unspecified atom stereocenters. The quantitative estimate of drug-likeness (QED) is 0.470. The van der Waals surface area contributed by atoms with Crippen molar-refractivity contribution in [3.8, 4) is 0 Å². The van der Waals surface area contributed by atoms with E-state index in [0.29, 0.717) is 12.1 Å². The predicted molar refractivity (Wildman–Crippen MR) is 62.0 cm³/mol. The summed E-state index contributed by atoms with van der Waals surface area (Å²) >= 11 is 0. The Hall–Kier alpha value is -2.58. The second kappa shape index (κ2) is 6.04. The summed E-state index contributed by atoms with van der Waals surface area (Å²) in [6, 6.07) is 0.734. The molecule has 0 saturated heterocycles. The van der Waals surface area contributed by atoms with Gasteiger partial charge in [0.25, 0.3) is 5.91 Å². The van der Waals surface area contributed by atoms with Crippen LogP contribution >= 0.6 is 0 Å². The number of hydrogen-bond donors (Lipinski definition) is 0. The molecular weight excluding hydrogens is 278 g/mol. The van der Waals surface area contributed by atoms with Gasteiger partial charge in [-0.3, -0.25) is 19.7 Å². The van der Waals surface area contributed by atoms with Crippen molar-refractivity contribution in [3.63, 3.8) is 0 Å². The van der Waals surface area contributed by atoms with Crippen molar-refractivity contribution in [2.24, 2.45) is 0 Å². The molecule has 1 aromatic carbocycles. The maximum absolute atomic E-state index is 13.6. The number of likely N-dealkylation sites (N-methyl/N-ethyl adjacent to an activating group) is 1. The highest BCUT2D eigenvalue weighted by Gasteiger charge is 2.24. The molecule has 9 heteroatoms. The third-order valence-electron chi connectivity index (χ3n) is 2.40. The van der Waals surface area contributed by atoms with Crippen molar-refractivity contribution < 1.29 is 28.0 Å². The molecule has 108 valence electrons. The van der Waals surface area contributed by atoms with Crippen LogP contribution in [0.3, 0.4) is 0 Å². The summed E-state index contributed by atoms with van der Waals surface area (Å²) in [6.45, 7) is -0.465. The van der Waals surface area contributed by atoms with E-state index in [2.05, 4.69) is 4.74 Å². The molecule has 0 aliphatic rings. The fraction of sp³-hybridized carbons (Fsp3) is 0.273. The van der Waals surface area contributed by atoms with E-state index < -0.39 is 46.2 Å². The van der Waals surface area contributed by atoms with Gasteiger partial charge in [0.1, 0.15) is 12.4 Å². The van der Waals surface area contributed by atoms with Crippen LogP contribution in [0.1, 0.15) is 10.4 Å². The third kappa shape index (κ3) is 3.25. The lowest BCUT2D eigenvalue weighted by Gasteiger charge is -2.15.